The quantitative estimate of drug-likeness (QED) is 0.375. The van der Waals surface area contributed by atoms with E-state index >= 15 is 0 Å². The second-order valence-electron chi connectivity index (χ2n) is 7.07. The fourth-order valence-electron chi connectivity index (χ4n) is 3.98. The van der Waals surface area contributed by atoms with Gasteiger partial charge in [0.25, 0.3) is 0 Å². The third kappa shape index (κ3) is 2.79. The molecule has 0 aliphatic carbocycles. The van der Waals surface area contributed by atoms with Crippen molar-refractivity contribution in [3.05, 3.63) is 103 Å². The Morgan fingerprint density at radius 3 is 1.96 bits per heavy atom. The van der Waals surface area contributed by atoms with Crippen LogP contribution in [0.4, 0.5) is 0 Å². The van der Waals surface area contributed by atoms with E-state index in [9.17, 15) is 0 Å². The van der Waals surface area contributed by atoms with E-state index in [-0.39, 0.29) is 0 Å². The molecule has 0 spiro atoms. The van der Waals surface area contributed by atoms with E-state index in [0.717, 1.165) is 6.42 Å². The van der Waals surface area contributed by atoms with E-state index in [1.807, 2.05) is 0 Å². The third-order valence-electron chi connectivity index (χ3n) is 5.62. The summed E-state index contributed by atoms with van der Waals surface area (Å²) in [6.45, 7) is 4.71. The summed E-state index contributed by atoms with van der Waals surface area (Å²) in [5, 5.41) is 7.13. The van der Waals surface area contributed by atoms with E-state index in [1.54, 1.807) is 0 Å². The zero-order valence-electron chi connectivity index (χ0n) is 15.4. The van der Waals surface area contributed by atoms with Gasteiger partial charge in [0.1, 0.15) is 8.07 Å². The van der Waals surface area contributed by atoms with Crippen molar-refractivity contribution in [3.8, 4) is 0 Å². The van der Waals surface area contributed by atoms with Crippen LogP contribution in [0.2, 0.25) is 6.55 Å². The molecule has 0 fully saturated rings. The highest BCUT2D eigenvalue weighted by Gasteiger charge is 2.35. The van der Waals surface area contributed by atoms with Gasteiger partial charge in [-0.25, -0.2) is 0 Å². The number of fused-ring (bicyclic) bond motifs is 1. The lowest BCUT2D eigenvalue weighted by Crippen LogP contribution is -2.64. The monoisotopic (exact) mass is 352 g/mol. The highest BCUT2D eigenvalue weighted by molar-refractivity contribution is 7.11. The summed E-state index contributed by atoms with van der Waals surface area (Å²) in [4.78, 5) is 0. The van der Waals surface area contributed by atoms with Crippen LogP contribution in [0, 0.1) is 0 Å². The van der Waals surface area contributed by atoms with Gasteiger partial charge < -0.3 is 0 Å². The molecule has 0 aliphatic heterocycles. The molecular weight excluding hydrogens is 328 g/mol. The first kappa shape index (κ1) is 16.8. The summed E-state index contributed by atoms with van der Waals surface area (Å²) in [5.41, 5.74) is 1.40. The van der Waals surface area contributed by atoms with Crippen molar-refractivity contribution in [1.82, 2.24) is 0 Å². The van der Waals surface area contributed by atoms with Crippen molar-refractivity contribution in [3.63, 3.8) is 0 Å². The van der Waals surface area contributed by atoms with Crippen LogP contribution in [0.1, 0.15) is 12.5 Å². The molecule has 4 rings (SSSR count). The van der Waals surface area contributed by atoms with Gasteiger partial charge in [-0.2, -0.15) is 0 Å². The van der Waals surface area contributed by atoms with Crippen molar-refractivity contribution in [1.29, 1.82) is 0 Å². The maximum Gasteiger partial charge on any atom is 0.146 e. The molecule has 4 aromatic carbocycles. The van der Waals surface area contributed by atoms with Gasteiger partial charge in [0.15, 0.2) is 0 Å². The Morgan fingerprint density at radius 1 is 0.615 bits per heavy atom. The maximum atomic E-state index is 2.49. The molecule has 0 amide bonds. The van der Waals surface area contributed by atoms with E-state index in [1.165, 1.54) is 31.9 Å². The number of hydrogen-bond acceptors (Lipinski definition) is 0. The molecule has 1 atom stereocenters. The molecule has 0 N–H and O–H groups in total. The van der Waals surface area contributed by atoms with Gasteiger partial charge in [0.05, 0.1) is 0 Å². The highest BCUT2D eigenvalue weighted by Crippen LogP contribution is 2.17. The lowest BCUT2D eigenvalue weighted by molar-refractivity contribution is 1.14. The van der Waals surface area contributed by atoms with Crippen LogP contribution < -0.4 is 15.6 Å². The first-order chi connectivity index (χ1) is 12.7. The van der Waals surface area contributed by atoms with Crippen LogP contribution in [0.25, 0.3) is 10.8 Å². The Hall–Kier alpha value is -2.64. The minimum Gasteiger partial charge on any atom is -0.0624 e. The summed E-state index contributed by atoms with van der Waals surface area (Å²) in [6.07, 6.45) is 1.08. The predicted octanol–water partition coefficient (Wildman–Crippen LogP) is 4.50. The first-order valence-corrected chi connectivity index (χ1v) is 11.9. The van der Waals surface area contributed by atoms with Crippen molar-refractivity contribution >= 4 is 34.4 Å². The summed E-state index contributed by atoms with van der Waals surface area (Å²) in [7, 11) is -2.08. The molecule has 1 unspecified atom stereocenters. The number of aryl methyl sites for hydroxylation is 1. The average molecular weight is 353 g/mol. The van der Waals surface area contributed by atoms with Gasteiger partial charge >= 0.3 is 0 Å². The zero-order chi connectivity index (χ0) is 18.0. The molecule has 0 nitrogen and oxygen atoms in total. The van der Waals surface area contributed by atoms with Crippen LogP contribution in [-0.2, 0) is 6.42 Å². The fourth-order valence-corrected chi connectivity index (χ4v) is 7.83. The molecule has 0 bridgehead atoms. The summed E-state index contributed by atoms with van der Waals surface area (Å²) < 4.78 is 0. The SMILES string of the molecule is CCc1ccc([Si](C)(c2ccccc2)c2cccc3ccccc23)cc1. The molecule has 4 aromatic rings. The van der Waals surface area contributed by atoms with Gasteiger partial charge in [0.2, 0.25) is 0 Å². The van der Waals surface area contributed by atoms with Crippen molar-refractivity contribution in [2.75, 3.05) is 0 Å². The van der Waals surface area contributed by atoms with E-state index < -0.39 is 8.07 Å². The van der Waals surface area contributed by atoms with Crippen LogP contribution in [0.5, 0.6) is 0 Å². The first-order valence-electron chi connectivity index (χ1n) is 9.36. The second-order valence-corrected chi connectivity index (χ2v) is 11.0. The Bertz CT molecular complexity index is 1010. The molecular formula is C25H24Si. The third-order valence-corrected chi connectivity index (χ3v) is 10.1. The Kier molecular flexibility index (Phi) is 4.48. The molecule has 0 aromatic heterocycles. The summed E-state index contributed by atoms with van der Waals surface area (Å²) in [6, 6.07) is 36.0. The Morgan fingerprint density at radius 2 is 1.23 bits per heavy atom. The predicted molar refractivity (Wildman–Crippen MR) is 117 cm³/mol. The topological polar surface area (TPSA) is 0 Å². The molecule has 0 radical (unpaired) electrons. The largest absolute Gasteiger partial charge is 0.146 e. The van der Waals surface area contributed by atoms with E-state index in [4.69, 9.17) is 0 Å². The van der Waals surface area contributed by atoms with E-state index in [2.05, 4.69) is 111 Å². The van der Waals surface area contributed by atoms with Crippen molar-refractivity contribution in [2.24, 2.45) is 0 Å². The molecule has 0 saturated carbocycles. The normalized spacial score (nSPS) is 13.5. The Balaban J connectivity index is 2.02. The second kappa shape index (κ2) is 6.93. The lowest BCUT2D eigenvalue weighted by Gasteiger charge is -2.31. The fraction of sp³-hybridized carbons (Fsp3) is 0.120. The van der Waals surface area contributed by atoms with Gasteiger partial charge in [-0.15, -0.1) is 0 Å². The average Bonchev–Trinajstić information content (AvgIpc) is 2.73. The standard InChI is InChI=1S/C25H24Si/c1-3-20-16-18-23(19-17-20)26(2,22-12-5-4-6-13-22)25-15-9-11-21-10-7-8-14-24(21)25/h4-19H,3H2,1-2H3. The van der Waals surface area contributed by atoms with Crippen LogP contribution >= 0.6 is 0 Å². The van der Waals surface area contributed by atoms with Gasteiger partial charge in [-0.1, -0.05) is 111 Å². The minimum atomic E-state index is -2.08. The van der Waals surface area contributed by atoms with Crippen LogP contribution in [0.3, 0.4) is 0 Å². The zero-order valence-corrected chi connectivity index (χ0v) is 16.4. The smallest absolute Gasteiger partial charge is 0.0624 e. The molecule has 128 valence electrons. The van der Waals surface area contributed by atoms with Crippen LogP contribution in [0.15, 0.2) is 97.1 Å². The van der Waals surface area contributed by atoms with Crippen LogP contribution in [-0.4, -0.2) is 8.07 Å². The summed E-state index contributed by atoms with van der Waals surface area (Å²) in [5.74, 6) is 0. The highest BCUT2D eigenvalue weighted by atomic mass is 28.3. The lowest BCUT2D eigenvalue weighted by atomic mass is 10.1. The van der Waals surface area contributed by atoms with Crippen molar-refractivity contribution in [2.45, 2.75) is 19.9 Å². The summed E-state index contributed by atoms with van der Waals surface area (Å²) >= 11 is 0. The molecule has 0 heterocycles. The molecule has 1 heteroatoms. The molecule has 26 heavy (non-hydrogen) atoms. The van der Waals surface area contributed by atoms with E-state index in [0.29, 0.717) is 0 Å². The molecule has 0 aliphatic rings. The Labute approximate surface area is 157 Å². The van der Waals surface area contributed by atoms with Gasteiger partial charge in [-0.05, 0) is 38.3 Å². The minimum absolute atomic E-state index is 1.08. The molecule has 0 saturated heterocycles. The van der Waals surface area contributed by atoms with Gasteiger partial charge in [-0.3, -0.25) is 0 Å². The maximum absolute atomic E-state index is 2.49. The van der Waals surface area contributed by atoms with Crippen molar-refractivity contribution < 1.29 is 0 Å². The number of benzene rings is 4. The van der Waals surface area contributed by atoms with Gasteiger partial charge in [0, 0.05) is 0 Å². The number of rotatable bonds is 4. The number of hydrogen-bond donors (Lipinski definition) is 0.